The molecule has 0 bridgehead atoms. The molecule has 0 radical (unpaired) electrons. The van der Waals surface area contributed by atoms with E-state index in [2.05, 4.69) is 41.0 Å². The summed E-state index contributed by atoms with van der Waals surface area (Å²) in [5, 5.41) is 3.04. The lowest BCUT2D eigenvalue weighted by Gasteiger charge is -2.15. The lowest BCUT2D eigenvalue weighted by Crippen LogP contribution is -2.17. The van der Waals surface area contributed by atoms with Crippen molar-refractivity contribution in [3.8, 4) is 0 Å². The topological polar surface area (TPSA) is 58.6 Å². The molecular weight excluding hydrogens is 438 g/mol. The largest absolute Gasteiger partial charge is 0.416 e. The van der Waals surface area contributed by atoms with E-state index in [0.29, 0.717) is 37.1 Å². The van der Waals surface area contributed by atoms with Gasteiger partial charge in [-0.2, -0.15) is 13.2 Å². The van der Waals surface area contributed by atoms with E-state index in [1.54, 1.807) is 12.1 Å². The van der Waals surface area contributed by atoms with E-state index in [0.717, 1.165) is 32.1 Å². The van der Waals surface area contributed by atoms with Crippen LogP contribution in [0.1, 0.15) is 59.9 Å². The number of halogens is 3. The molecule has 0 heterocycles. The molecular formula is C24H33F3NO3P. The number of alkyl halides is 3. The molecule has 32 heavy (non-hydrogen) atoms. The standard InChI is InChI=1S/C24H33F3NO3P/c1-19-9-11-20(12-10-19)7-4-2-3-5-8-22-14-13-21(17-23(22)24(25,26)27)18-28-15-6-16-31-32(29)30/h9-14,17,28,32H,2-8,15-16,18H2,1H3,(H,29,30). The third kappa shape index (κ3) is 10.3. The predicted octanol–water partition coefficient (Wildman–Crippen LogP) is 6.24. The summed E-state index contributed by atoms with van der Waals surface area (Å²) in [6.45, 7) is 2.99. The van der Waals surface area contributed by atoms with E-state index in [4.69, 9.17) is 4.89 Å². The summed E-state index contributed by atoms with van der Waals surface area (Å²) in [5.74, 6) is 0. The molecule has 2 N–H and O–H groups in total. The molecule has 0 spiro atoms. The van der Waals surface area contributed by atoms with Crippen LogP contribution in [0.5, 0.6) is 0 Å². The summed E-state index contributed by atoms with van der Waals surface area (Å²) in [5.41, 5.74) is 2.90. The smallest absolute Gasteiger partial charge is 0.326 e. The molecule has 8 heteroatoms. The van der Waals surface area contributed by atoms with Crippen molar-refractivity contribution in [1.82, 2.24) is 5.32 Å². The van der Waals surface area contributed by atoms with Crippen molar-refractivity contribution < 1.29 is 27.2 Å². The average molecular weight is 472 g/mol. The lowest BCUT2D eigenvalue weighted by atomic mass is 9.97. The van der Waals surface area contributed by atoms with Gasteiger partial charge in [-0.1, -0.05) is 54.8 Å². The fraction of sp³-hybridized carbons (Fsp3) is 0.500. The third-order valence-electron chi connectivity index (χ3n) is 5.31. The van der Waals surface area contributed by atoms with Crippen LogP contribution in [0.2, 0.25) is 0 Å². The maximum atomic E-state index is 13.6. The zero-order chi connectivity index (χ0) is 23.4. The molecule has 0 aliphatic carbocycles. The van der Waals surface area contributed by atoms with Crippen LogP contribution in [-0.4, -0.2) is 18.0 Å². The van der Waals surface area contributed by atoms with Gasteiger partial charge in [0.15, 0.2) is 0 Å². The van der Waals surface area contributed by atoms with Crippen LogP contribution in [-0.2, 0) is 34.7 Å². The van der Waals surface area contributed by atoms with Gasteiger partial charge in [0.1, 0.15) is 0 Å². The molecule has 1 unspecified atom stereocenters. The Bertz CT molecular complexity index is 841. The summed E-state index contributed by atoms with van der Waals surface area (Å²) >= 11 is 0. The van der Waals surface area contributed by atoms with Gasteiger partial charge in [-0.3, -0.25) is 4.57 Å². The van der Waals surface area contributed by atoms with Crippen LogP contribution in [0, 0.1) is 6.92 Å². The molecule has 0 saturated carbocycles. The summed E-state index contributed by atoms with van der Waals surface area (Å²) in [7, 11) is -2.93. The van der Waals surface area contributed by atoms with Gasteiger partial charge in [0.25, 0.3) is 0 Å². The van der Waals surface area contributed by atoms with Gasteiger partial charge in [-0.25, -0.2) is 0 Å². The van der Waals surface area contributed by atoms with E-state index in [1.165, 1.54) is 17.2 Å². The van der Waals surface area contributed by atoms with Crippen LogP contribution >= 0.6 is 8.25 Å². The van der Waals surface area contributed by atoms with Crippen molar-refractivity contribution in [2.45, 2.75) is 64.6 Å². The highest BCUT2D eigenvalue weighted by atomic mass is 31.1. The summed E-state index contributed by atoms with van der Waals surface area (Å²) in [6, 6.07) is 13.0. The molecule has 1 atom stereocenters. The molecule has 2 rings (SSSR count). The molecule has 0 aromatic heterocycles. The van der Waals surface area contributed by atoms with Crippen LogP contribution in [0.15, 0.2) is 42.5 Å². The van der Waals surface area contributed by atoms with Gasteiger partial charge in [-0.15, -0.1) is 0 Å². The Hall–Kier alpha value is -1.66. The van der Waals surface area contributed by atoms with Gasteiger partial charge < -0.3 is 14.7 Å². The van der Waals surface area contributed by atoms with Gasteiger partial charge in [0.2, 0.25) is 0 Å². The highest BCUT2D eigenvalue weighted by Crippen LogP contribution is 2.33. The van der Waals surface area contributed by atoms with Gasteiger partial charge in [-0.05, 0) is 68.3 Å². The zero-order valence-electron chi connectivity index (χ0n) is 18.5. The number of benzene rings is 2. The quantitative estimate of drug-likeness (QED) is 0.253. The SMILES string of the molecule is Cc1ccc(CCCCCCc2ccc(CNCCCO[PH](=O)O)cc2C(F)(F)F)cc1. The Morgan fingerprint density at radius 3 is 2.25 bits per heavy atom. The Balaban J connectivity index is 1.76. The van der Waals surface area contributed by atoms with E-state index in [-0.39, 0.29) is 6.61 Å². The molecule has 0 aliphatic rings. The fourth-order valence-electron chi connectivity index (χ4n) is 3.56. The predicted molar refractivity (Wildman–Crippen MR) is 122 cm³/mol. The first kappa shape index (κ1) is 26.6. The molecule has 178 valence electrons. The number of hydrogen-bond donors (Lipinski definition) is 2. The number of unbranched alkanes of at least 4 members (excludes halogenated alkanes) is 3. The minimum absolute atomic E-state index is 0.138. The Kier molecular flexibility index (Phi) is 11.5. The van der Waals surface area contributed by atoms with E-state index in [9.17, 15) is 17.7 Å². The second-order valence-corrected chi connectivity index (χ2v) is 8.85. The van der Waals surface area contributed by atoms with E-state index < -0.39 is 20.0 Å². The zero-order valence-corrected chi connectivity index (χ0v) is 19.5. The van der Waals surface area contributed by atoms with Crippen molar-refractivity contribution in [1.29, 1.82) is 0 Å². The number of nitrogens with one attached hydrogen (secondary N) is 1. The minimum Gasteiger partial charge on any atom is -0.326 e. The highest BCUT2D eigenvalue weighted by Gasteiger charge is 2.33. The lowest BCUT2D eigenvalue weighted by molar-refractivity contribution is -0.138. The molecule has 2 aromatic carbocycles. The first-order valence-corrected chi connectivity index (χ1v) is 12.3. The second-order valence-electron chi connectivity index (χ2n) is 8.03. The number of hydrogen-bond acceptors (Lipinski definition) is 3. The first-order chi connectivity index (χ1) is 15.3. The second kappa shape index (κ2) is 13.8. The molecule has 4 nitrogen and oxygen atoms in total. The first-order valence-electron chi connectivity index (χ1n) is 11.1. The number of rotatable bonds is 14. The fourth-order valence-corrected chi connectivity index (χ4v) is 3.88. The average Bonchev–Trinajstić information content (AvgIpc) is 2.74. The van der Waals surface area contributed by atoms with E-state index >= 15 is 0 Å². The number of aryl methyl sites for hydroxylation is 3. The van der Waals surface area contributed by atoms with Crippen LogP contribution in [0.4, 0.5) is 13.2 Å². The van der Waals surface area contributed by atoms with E-state index in [1.807, 2.05) is 0 Å². The van der Waals surface area contributed by atoms with Crippen LogP contribution < -0.4 is 5.32 Å². The third-order valence-corrected chi connectivity index (χ3v) is 5.77. The molecule has 2 aromatic rings. The molecule has 0 saturated heterocycles. The highest BCUT2D eigenvalue weighted by molar-refractivity contribution is 7.32. The molecule has 0 fully saturated rings. The summed E-state index contributed by atoms with van der Waals surface area (Å²) < 4.78 is 55.7. The maximum absolute atomic E-state index is 13.6. The van der Waals surface area contributed by atoms with Crippen molar-refractivity contribution in [3.63, 3.8) is 0 Å². The summed E-state index contributed by atoms with van der Waals surface area (Å²) in [4.78, 5) is 8.58. The van der Waals surface area contributed by atoms with Crippen molar-refractivity contribution in [2.75, 3.05) is 13.2 Å². The minimum atomic E-state index is -4.38. The van der Waals surface area contributed by atoms with Gasteiger partial charge >= 0.3 is 14.4 Å². The summed E-state index contributed by atoms with van der Waals surface area (Å²) in [6.07, 6.45) is 1.25. The normalized spacial score (nSPS) is 12.8. The Labute approximate surface area is 189 Å². The van der Waals surface area contributed by atoms with Crippen molar-refractivity contribution >= 4 is 8.25 Å². The van der Waals surface area contributed by atoms with Crippen molar-refractivity contribution in [2.24, 2.45) is 0 Å². The van der Waals surface area contributed by atoms with Gasteiger partial charge in [0.05, 0.1) is 12.2 Å². The molecule has 0 aliphatic heterocycles. The Morgan fingerprint density at radius 2 is 1.59 bits per heavy atom. The van der Waals surface area contributed by atoms with Crippen molar-refractivity contribution in [3.05, 3.63) is 70.3 Å². The molecule has 0 amide bonds. The van der Waals surface area contributed by atoms with Crippen LogP contribution in [0.25, 0.3) is 0 Å². The van der Waals surface area contributed by atoms with Crippen LogP contribution in [0.3, 0.4) is 0 Å². The van der Waals surface area contributed by atoms with Gasteiger partial charge in [0, 0.05) is 6.54 Å². The monoisotopic (exact) mass is 471 g/mol. The maximum Gasteiger partial charge on any atom is 0.416 e. The Morgan fingerprint density at radius 1 is 0.938 bits per heavy atom.